The number of nitriles is 1. The molecule has 0 spiro atoms. The fourth-order valence-corrected chi connectivity index (χ4v) is 4.25. The molecular weight excluding hydrogens is 366 g/mol. The Morgan fingerprint density at radius 1 is 1.26 bits per heavy atom. The van der Waals surface area contributed by atoms with Gasteiger partial charge in [0.05, 0.1) is 11.9 Å². The van der Waals surface area contributed by atoms with Crippen molar-refractivity contribution in [3.8, 4) is 11.9 Å². The van der Waals surface area contributed by atoms with Gasteiger partial charge in [0.2, 0.25) is 5.88 Å². The molecule has 0 aromatic carbocycles. The number of nitrogens with one attached hydrogen (secondary N) is 1. The summed E-state index contributed by atoms with van der Waals surface area (Å²) in [5, 5.41) is 8.84. The summed E-state index contributed by atoms with van der Waals surface area (Å²) in [6.07, 6.45) is 7.39. The summed E-state index contributed by atoms with van der Waals surface area (Å²) in [6.45, 7) is 3.94. The molecule has 0 aliphatic heterocycles. The lowest BCUT2D eigenvalue weighted by Crippen LogP contribution is -2.39. The summed E-state index contributed by atoms with van der Waals surface area (Å²) in [7, 11) is -3.62. The Balaban J connectivity index is 1.53. The van der Waals surface area contributed by atoms with Crippen LogP contribution in [-0.4, -0.2) is 35.1 Å². The predicted molar refractivity (Wildman–Crippen MR) is 98.6 cm³/mol. The second-order valence-corrected chi connectivity index (χ2v) is 8.62. The monoisotopic (exact) mass is 389 g/mol. The van der Waals surface area contributed by atoms with Gasteiger partial charge in [-0.15, -0.1) is 0 Å². The number of sulfonamides is 1. The summed E-state index contributed by atoms with van der Waals surface area (Å²) in [5.74, 6) is 0.484. The van der Waals surface area contributed by atoms with Crippen LogP contribution in [0.5, 0.6) is 5.88 Å². The van der Waals surface area contributed by atoms with Gasteiger partial charge in [0.25, 0.3) is 10.0 Å². The van der Waals surface area contributed by atoms with Gasteiger partial charge in [0.1, 0.15) is 12.2 Å². The first kappa shape index (κ1) is 19.3. The van der Waals surface area contributed by atoms with E-state index in [1.807, 2.05) is 19.9 Å². The summed E-state index contributed by atoms with van der Waals surface area (Å²) in [6, 6.07) is 5.39. The Morgan fingerprint density at radius 3 is 2.56 bits per heavy atom. The smallest absolute Gasteiger partial charge is 0.259 e. The molecule has 1 fully saturated rings. The van der Waals surface area contributed by atoms with Crippen molar-refractivity contribution in [1.82, 2.24) is 19.3 Å². The van der Waals surface area contributed by atoms with Crippen molar-refractivity contribution >= 4 is 10.0 Å². The van der Waals surface area contributed by atoms with Gasteiger partial charge in [-0.3, -0.25) is 0 Å². The van der Waals surface area contributed by atoms with E-state index in [9.17, 15) is 8.42 Å². The van der Waals surface area contributed by atoms with Gasteiger partial charge in [-0.25, -0.2) is 23.1 Å². The van der Waals surface area contributed by atoms with E-state index in [1.165, 1.54) is 12.5 Å². The predicted octanol–water partition coefficient (Wildman–Crippen LogP) is 2.40. The quantitative estimate of drug-likeness (QED) is 0.812. The topological polar surface area (TPSA) is 110 Å². The lowest BCUT2D eigenvalue weighted by atomic mass is 9.94. The molecule has 1 N–H and O–H groups in total. The molecule has 2 heterocycles. The molecule has 1 saturated carbocycles. The molecule has 9 heteroatoms. The number of pyridine rings is 1. The largest absolute Gasteiger partial charge is 0.474 e. The lowest BCUT2D eigenvalue weighted by molar-refractivity contribution is 0.138. The minimum Gasteiger partial charge on any atom is -0.474 e. The van der Waals surface area contributed by atoms with Crippen LogP contribution in [0.1, 0.15) is 51.1 Å². The summed E-state index contributed by atoms with van der Waals surface area (Å²) in [4.78, 5) is 8.13. The van der Waals surface area contributed by atoms with Crippen LogP contribution in [0.2, 0.25) is 0 Å². The Labute approximate surface area is 159 Å². The van der Waals surface area contributed by atoms with E-state index >= 15 is 0 Å². The standard InChI is InChI=1S/C18H23N5O3S/c1-13(2)23-11-18(21-12-23)27(24,25)22-15-4-6-16(7-5-15)26-17-8-3-14(9-19)10-20-17/h3,8,10-13,15-16,22H,4-7H2,1-2H3. The first-order chi connectivity index (χ1) is 12.9. The number of ether oxygens (including phenoxy) is 1. The molecular formula is C18H23N5O3S. The van der Waals surface area contributed by atoms with E-state index in [0.717, 1.165) is 12.8 Å². The van der Waals surface area contributed by atoms with Gasteiger partial charge >= 0.3 is 0 Å². The number of rotatable bonds is 6. The Bertz CT molecular complexity index is 907. The van der Waals surface area contributed by atoms with Crippen LogP contribution >= 0.6 is 0 Å². The molecule has 27 heavy (non-hydrogen) atoms. The van der Waals surface area contributed by atoms with Crippen LogP contribution in [0.3, 0.4) is 0 Å². The van der Waals surface area contributed by atoms with Crippen molar-refractivity contribution in [2.45, 2.75) is 62.7 Å². The maximum atomic E-state index is 12.5. The summed E-state index contributed by atoms with van der Waals surface area (Å²) >= 11 is 0. The second kappa shape index (κ2) is 8.06. The van der Waals surface area contributed by atoms with Gasteiger partial charge in [-0.2, -0.15) is 5.26 Å². The average molecular weight is 389 g/mol. The van der Waals surface area contributed by atoms with Crippen molar-refractivity contribution in [3.05, 3.63) is 36.4 Å². The molecule has 0 saturated heterocycles. The second-order valence-electron chi connectivity index (χ2n) is 6.96. The van der Waals surface area contributed by atoms with Gasteiger partial charge in [0.15, 0.2) is 5.03 Å². The molecule has 0 radical (unpaired) electrons. The number of hydrogen-bond acceptors (Lipinski definition) is 6. The molecule has 1 aliphatic carbocycles. The zero-order valence-electron chi connectivity index (χ0n) is 15.4. The Hall–Kier alpha value is -2.44. The van der Waals surface area contributed by atoms with E-state index < -0.39 is 10.0 Å². The van der Waals surface area contributed by atoms with Crippen LogP contribution in [-0.2, 0) is 10.0 Å². The molecule has 0 unspecified atom stereocenters. The Kier molecular flexibility index (Phi) is 5.77. The van der Waals surface area contributed by atoms with Crippen LogP contribution in [0.4, 0.5) is 0 Å². The zero-order chi connectivity index (χ0) is 19.4. The number of hydrogen-bond donors (Lipinski definition) is 1. The molecule has 1 aliphatic rings. The van der Waals surface area contributed by atoms with Crippen molar-refractivity contribution in [1.29, 1.82) is 5.26 Å². The lowest BCUT2D eigenvalue weighted by Gasteiger charge is -2.28. The van der Waals surface area contributed by atoms with Crippen molar-refractivity contribution < 1.29 is 13.2 Å². The average Bonchev–Trinajstić information content (AvgIpc) is 3.15. The molecule has 3 rings (SSSR count). The number of aromatic nitrogens is 3. The molecule has 8 nitrogen and oxygen atoms in total. The highest BCUT2D eigenvalue weighted by Gasteiger charge is 2.28. The fourth-order valence-electron chi connectivity index (χ4n) is 3.00. The fraction of sp³-hybridized carbons (Fsp3) is 0.500. The molecule has 2 aromatic rings. The first-order valence-electron chi connectivity index (χ1n) is 8.96. The van der Waals surface area contributed by atoms with Crippen molar-refractivity contribution in [3.63, 3.8) is 0 Å². The van der Waals surface area contributed by atoms with Gasteiger partial charge in [0, 0.05) is 30.5 Å². The van der Waals surface area contributed by atoms with Gasteiger partial charge in [-0.1, -0.05) is 0 Å². The normalized spacial score (nSPS) is 20.4. The van der Waals surface area contributed by atoms with E-state index in [-0.39, 0.29) is 23.2 Å². The number of nitrogens with zero attached hydrogens (tertiary/aromatic N) is 4. The van der Waals surface area contributed by atoms with Gasteiger partial charge < -0.3 is 9.30 Å². The van der Waals surface area contributed by atoms with Crippen LogP contribution < -0.4 is 9.46 Å². The third-order valence-corrected chi connectivity index (χ3v) is 6.00. The highest BCUT2D eigenvalue weighted by atomic mass is 32.2. The minimum atomic E-state index is -3.62. The van der Waals surface area contributed by atoms with E-state index in [2.05, 4.69) is 14.7 Å². The van der Waals surface area contributed by atoms with Crippen molar-refractivity contribution in [2.75, 3.05) is 0 Å². The van der Waals surface area contributed by atoms with Crippen LogP contribution in [0, 0.1) is 11.3 Å². The highest BCUT2D eigenvalue weighted by molar-refractivity contribution is 7.89. The van der Waals surface area contributed by atoms with E-state index in [1.54, 1.807) is 22.9 Å². The van der Waals surface area contributed by atoms with Crippen LogP contribution in [0.25, 0.3) is 0 Å². The highest BCUT2D eigenvalue weighted by Crippen LogP contribution is 2.24. The van der Waals surface area contributed by atoms with E-state index in [4.69, 9.17) is 10.00 Å². The Morgan fingerprint density at radius 2 is 2.00 bits per heavy atom. The molecule has 0 atom stereocenters. The van der Waals surface area contributed by atoms with Crippen LogP contribution in [0.15, 0.2) is 35.9 Å². The third kappa shape index (κ3) is 4.84. The first-order valence-corrected chi connectivity index (χ1v) is 10.4. The third-order valence-electron chi connectivity index (χ3n) is 4.60. The maximum absolute atomic E-state index is 12.5. The minimum absolute atomic E-state index is 0.00802. The number of imidazole rings is 1. The van der Waals surface area contributed by atoms with Gasteiger partial charge in [-0.05, 0) is 45.6 Å². The zero-order valence-corrected chi connectivity index (χ0v) is 16.2. The SMILES string of the molecule is CC(C)n1cnc(S(=O)(=O)NC2CCC(Oc3ccc(C#N)cn3)CC2)c1. The molecule has 0 bridgehead atoms. The molecule has 2 aromatic heterocycles. The van der Waals surface area contributed by atoms with Crippen molar-refractivity contribution in [2.24, 2.45) is 0 Å². The maximum Gasteiger partial charge on any atom is 0.259 e. The molecule has 0 amide bonds. The summed E-state index contributed by atoms with van der Waals surface area (Å²) in [5.41, 5.74) is 0.486. The van der Waals surface area contributed by atoms with E-state index in [0.29, 0.717) is 24.3 Å². The summed E-state index contributed by atoms with van der Waals surface area (Å²) < 4.78 is 35.4. The molecule has 144 valence electrons.